The van der Waals surface area contributed by atoms with Crippen molar-refractivity contribution in [3.05, 3.63) is 24.2 Å². The summed E-state index contributed by atoms with van der Waals surface area (Å²) in [6.07, 6.45) is 5.47. The number of nitrogens with zero attached hydrogens (tertiary/aromatic N) is 6. The minimum atomic E-state index is 0.00979. The molecule has 0 amide bonds. The number of ether oxygens (including phenoxy) is 3. The summed E-state index contributed by atoms with van der Waals surface area (Å²) < 4.78 is 20.3. The molecular formula is C19H21N7O3. The second kappa shape index (κ2) is 7.35. The lowest BCUT2D eigenvalue weighted by Crippen LogP contribution is -2.38. The second-order valence-corrected chi connectivity index (χ2v) is 7.28. The molecule has 5 heterocycles. The molecule has 2 saturated heterocycles. The SMILES string of the molecule is Cn1cc(Nc2ncc3cc(C#N)n(C4CCCOC4)c3n2)c(OC2COC2)n1. The fourth-order valence-corrected chi connectivity index (χ4v) is 3.65. The molecule has 1 unspecified atom stereocenters. The summed E-state index contributed by atoms with van der Waals surface area (Å²) in [6.45, 7) is 2.46. The molecule has 29 heavy (non-hydrogen) atoms. The van der Waals surface area contributed by atoms with E-state index in [1.807, 2.05) is 23.9 Å². The minimum Gasteiger partial charge on any atom is -0.467 e. The van der Waals surface area contributed by atoms with Gasteiger partial charge in [0.1, 0.15) is 29.2 Å². The van der Waals surface area contributed by atoms with Crippen LogP contribution in [0.15, 0.2) is 18.5 Å². The van der Waals surface area contributed by atoms with Gasteiger partial charge in [-0.1, -0.05) is 0 Å². The van der Waals surface area contributed by atoms with Gasteiger partial charge in [-0.15, -0.1) is 5.10 Å². The zero-order chi connectivity index (χ0) is 19.8. The molecule has 2 aliphatic heterocycles. The average Bonchev–Trinajstić information content (AvgIpc) is 3.24. The third kappa shape index (κ3) is 3.39. The number of anilines is 2. The van der Waals surface area contributed by atoms with Gasteiger partial charge in [-0.2, -0.15) is 10.2 Å². The molecule has 0 radical (unpaired) electrons. The molecule has 0 spiro atoms. The standard InChI is InChI=1S/C19H21N7O3/c1-25-8-16(18(24-25)29-15-10-28-11-15)22-19-21-7-12-5-14(6-20)26(17(12)23-19)13-3-2-4-27-9-13/h5,7-8,13,15H,2-4,9-11H2,1H3,(H,21,22,23). The van der Waals surface area contributed by atoms with Crippen LogP contribution in [0, 0.1) is 11.3 Å². The third-order valence-electron chi connectivity index (χ3n) is 5.12. The Bertz CT molecular complexity index is 1070. The van der Waals surface area contributed by atoms with Gasteiger partial charge in [0.15, 0.2) is 0 Å². The first-order valence-electron chi connectivity index (χ1n) is 9.62. The van der Waals surface area contributed by atoms with E-state index in [1.165, 1.54) is 0 Å². The molecular weight excluding hydrogens is 374 g/mol. The van der Waals surface area contributed by atoms with E-state index in [1.54, 1.807) is 10.9 Å². The van der Waals surface area contributed by atoms with Crippen LogP contribution in [0.3, 0.4) is 0 Å². The molecule has 0 bridgehead atoms. The van der Waals surface area contributed by atoms with Gasteiger partial charge in [-0.3, -0.25) is 4.68 Å². The number of nitrogens with one attached hydrogen (secondary N) is 1. The highest BCUT2D eigenvalue weighted by Crippen LogP contribution is 2.30. The zero-order valence-corrected chi connectivity index (χ0v) is 16.0. The predicted octanol–water partition coefficient (Wildman–Crippen LogP) is 1.91. The Morgan fingerprint density at radius 1 is 1.31 bits per heavy atom. The van der Waals surface area contributed by atoms with E-state index >= 15 is 0 Å². The van der Waals surface area contributed by atoms with Crippen molar-refractivity contribution in [1.29, 1.82) is 5.26 Å². The summed E-state index contributed by atoms with van der Waals surface area (Å²) in [6, 6.07) is 4.19. The first-order valence-corrected chi connectivity index (χ1v) is 9.62. The molecule has 2 aliphatic rings. The van der Waals surface area contributed by atoms with Gasteiger partial charge >= 0.3 is 0 Å². The largest absolute Gasteiger partial charge is 0.467 e. The number of fused-ring (bicyclic) bond motifs is 1. The van der Waals surface area contributed by atoms with Crippen LogP contribution in [0.25, 0.3) is 11.0 Å². The highest BCUT2D eigenvalue weighted by Gasteiger charge is 2.24. The van der Waals surface area contributed by atoms with Crippen LogP contribution < -0.4 is 10.1 Å². The van der Waals surface area contributed by atoms with Gasteiger partial charge in [0.2, 0.25) is 5.95 Å². The van der Waals surface area contributed by atoms with Crippen molar-refractivity contribution in [3.63, 3.8) is 0 Å². The van der Waals surface area contributed by atoms with E-state index in [0.29, 0.717) is 48.7 Å². The number of aryl methyl sites for hydroxylation is 1. The Kier molecular flexibility index (Phi) is 4.54. The molecule has 2 fully saturated rings. The molecule has 1 N–H and O–H groups in total. The maximum atomic E-state index is 9.59. The van der Waals surface area contributed by atoms with Gasteiger partial charge in [-0.25, -0.2) is 4.98 Å². The first kappa shape index (κ1) is 17.9. The zero-order valence-electron chi connectivity index (χ0n) is 16.0. The van der Waals surface area contributed by atoms with E-state index < -0.39 is 0 Å². The number of rotatable bonds is 5. The third-order valence-corrected chi connectivity index (χ3v) is 5.12. The highest BCUT2D eigenvalue weighted by molar-refractivity contribution is 5.79. The topological polar surface area (TPSA) is 112 Å². The highest BCUT2D eigenvalue weighted by atomic mass is 16.6. The molecule has 3 aromatic heterocycles. The van der Waals surface area contributed by atoms with Gasteiger partial charge in [0, 0.05) is 25.2 Å². The molecule has 5 rings (SSSR count). The summed E-state index contributed by atoms with van der Waals surface area (Å²) >= 11 is 0. The van der Waals surface area contributed by atoms with Gasteiger partial charge in [0.05, 0.1) is 32.1 Å². The molecule has 0 saturated carbocycles. The molecule has 3 aromatic rings. The Morgan fingerprint density at radius 2 is 2.21 bits per heavy atom. The lowest BCUT2D eigenvalue weighted by atomic mass is 10.1. The average molecular weight is 395 g/mol. The summed E-state index contributed by atoms with van der Waals surface area (Å²) in [5.41, 5.74) is 1.96. The molecule has 10 heteroatoms. The van der Waals surface area contributed by atoms with Crippen LogP contribution in [0.1, 0.15) is 24.6 Å². The number of hydrogen-bond acceptors (Lipinski definition) is 8. The lowest BCUT2D eigenvalue weighted by Gasteiger charge is -2.26. The van der Waals surface area contributed by atoms with Crippen molar-refractivity contribution >= 4 is 22.7 Å². The summed E-state index contributed by atoms with van der Waals surface area (Å²) in [7, 11) is 1.83. The number of hydrogen-bond donors (Lipinski definition) is 1. The quantitative estimate of drug-likeness (QED) is 0.697. The lowest BCUT2D eigenvalue weighted by molar-refractivity contribution is -0.0812. The van der Waals surface area contributed by atoms with Crippen LogP contribution in [0.4, 0.5) is 11.6 Å². The van der Waals surface area contributed by atoms with E-state index in [9.17, 15) is 5.26 Å². The van der Waals surface area contributed by atoms with Crippen molar-refractivity contribution in [2.45, 2.75) is 25.0 Å². The molecule has 0 aromatic carbocycles. The van der Waals surface area contributed by atoms with Crippen molar-refractivity contribution < 1.29 is 14.2 Å². The van der Waals surface area contributed by atoms with Crippen LogP contribution in [-0.2, 0) is 16.5 Å². The summed E-state index contributed by atoms with van der Waals surface area (Å²) in [4.78, 5) is 9.10. The van der Waals surface area contributed by atoms with Crippen molar-refractivity contribution in [2.24, 2.45) is 7.05 Å². The van der Waals surface area contributed by atoms with Crippen molar-refractivity contribution in [3.8, 4) is 11.9 Å². The van der Waals surface area contributed by atoms with Crippen LogP contribution >= 0.6 is 0 Å². The van der Waals surface area contributed by atoms with E-state index in [0.717, 1.165) is 24.8 Å². The fraction of sp³-hybridized carbons (Fsp3) is 0.474. The van der Waals surface area contributed by atoms with Crippen LogP contribution in [0.2, 0.25) is 0 Å². The molecule has 0 aliphatic carbocycles. The maximum Gasteiger partial charge on any atom is 0.257 e. The second-order valence-electron chi connectivity index (χ2n) is 7.28. The maximum absolute atomic E-state index is 9.59. The minimum absolute atomic E-state index is 0.00979. The van der Waals surface area contributed by atoms with E-state index in [-0.39, 0.29) is 12.1 Å². The predicted molar refractivity (Wildman–Crippen MR) is 103 cm³/mol. The first-order chi connectivity index (χ1) is 14.2. The van der Waals surface area contributed by atoms with Crippen LogP contribution in [0.5, 0.6) is 5.88 Å². The molecule has 1 atom stereocenters. The van der Waals surface area contributed by atoms with E-state index in [4.69, 9.17) is 19.2 Å². The number of nitriles is 1. The number of aromatic nitrogens is 5. The van der Waals surface area contributed by atoms with Gasteiger partial charge < -0.3 is 24.1 Å². The molecule has 10 nitrogen and oxygen atoms in total. The van der Waals surface area contributed by atoms with Gasteiger partial charge in [-0.05, 0) is 18.9 Å². The Balaban J connectivity index is 1.48. The van der Waals surface area contributed by atoms with Crippen LogP contribution in [-0.4, -0.2) is 56.8 Å². The van der Waals surface area contributed by atoms with Crippen molar-refractivity contribution in [1.82, 2.24) is 24.3 Å². The van der Waals surface area contributed by atoms with E-state index in [2.05, 4.69) is 21.5 Å². The summed E-state index contributed by atoms with van der Waals surface area (Å²) in [5, 5.41) is 18.0. The Labute approximate surface area is 167 Å². The summed E-state index contributed by atoms with van der Waals surface area (Å²) in [5.74, 6) is 0.902. The fourth-order valence-electron chi connectivity index (χ4n) is 3.65. The monoisotopic (exact) mass is 395 g/mol. The van der Waals surface area contributed by atoms with Crippen molar-refractivity contribution in [2.75, 3.05) is 31.7 Å². The Hall–Kier alpha value is -3.16. The molecule has 150 valence electrons. The van der Waals surface area contributed by atoms with Gasteiger partial charge in [0.25, 0.3) is 5.88 Å². The smallest absolute Gasteiger partial charge is 0.257 e. The Morgan fingerprint density at radius 3 is 2.93 bits per heavy atom. The normalized spacial score (nSPS) is 19.7.